The number of hydrogen-bond donors (Lipinski definition) is 2. The molecule has 5 nitrogen and oxygen atoms in total. The molecule has 0 saturated carbocycles. The molecule has 0 radical (unpaired) electrons. The van der Waals surface area contributed by atoms with Gasteiger partial charge in [0.15, 0.2) is 0 Å². The topological polar surface area (TPSA) is 59.0 Å². The smallest absolute Gasteiger partial charge is 0.253 e. The Morgan fingerprint density at radius 1 is 1.45 bits per heavy atom. The molecule has 1 heterocycles. The van der Waals surface area contributed by atoms with Crippen LogP contribution in [0.25, 0.3) is 0 Å². The van der Waals surface area contributed by atoms with E-state index < -0.39 is 0 Å². The van der Waals surface area contributed by atoms with Crippen LogP contribution in [0.1, 0.15) is 16.8 Å². The molecule has 0 saturated heterocycles. The van der Waals surface area contributed by atoms with Crippen LogP contribution in [0.5, 0.6) is 0 Å². The molecule has 0 atom stereocenters. The number of benzene rings is 1. The first kappa shape index (κ1) is 16.1. The number of carbonyl (C=O) groups excluding carboxylic acids is 1. The second-order valence-electron chi connectivity index (χ2n) is 4.77. The zero-order valence-electron chi connectivity index (χ0n) is 12.3. The van der Waals surface area contributed by atoms with Gasteiger partial charge in [0.05, 0.1) is 11.9 Å². The minimum atomic E-state index is -0.139. The minimum absolute atomic E-state index is 0.139. The standard InChI is InChI=1S/C16H19ClN4O/c1-2-6-19-15-5-4-13(17)11-14(15)16(22)20-7-3-9-21-10-8-18-12-21/h2,4-5,8,10-12,19H,1,3,6-7,9H2,(H,20,22). The van der Waals surface area contributed by atoms with Crippen LogP contribution in [0.4, 0.5) is 5.69 Å². The fourth-order valence-corrected chi connectivity index (χ4v) is 2.19. The van der Waals surface area contributed by atoms with E-state index in [1.807, 2.05) is 10.8 Å². The molecule has 6 heteroatoms. The lowest BCUT2D eigenvalue weighted by Crippen LogP contribution is -2.26. The van der Waals surface area contributed by atoms with Crippen LogP contribution in [0.3, 0.4) is 0 Å². The summed E-state index contributed by atoms with van der Waals surface area (Å²) in [5, 5.41) is 6.58. The summed E-state index contributed by atoms with van der Waals surface area (Å²) in [6, 6.07) is 5.22. The lowest BCUT2D eigenvalue weighted by atomic mass is 10.1. The fraction of sp³-hybridized carbons (Fsp3) is 0.250. The van der Waals surface area contributed by atoms with Crippen molar-refractivity contribution in [2.45, 2.75) is 13.0 Å². The van der Waals surface area contributed by atoms with Crippen molar-refractivity contribution >= 4 is 23.2 Å². The maximum Gasteiger partial charge on any atom is 0.253 e. The van der Waals surface area contributed by atoms with Crippen molar-refractivity contribution in [3.8, 4) is 0 Å². The molecule has 0 bridgehead atoms. The van der Waals surface area contributed by atoms with Gasteiger partial charge in [-0.3, -0.25) is 4.79 Å². The first-order chi connectivity index (χ1) is 10.7. The van der Waals surface area contributed by atoms with Gasteiger partial charge < -0.3 is 15.2 Å². The van der Waals surface area contributed by atoms with Crippen molar-refractivity contribution in [2.75, 3.05) is 18.4 Å². The molecule has 0 unspecified atom stereocenters. The number of nitrogens with one attached hydrogen (secondary N) is 2. The van der Waals surface area contributed by atoms with Gasteiger partial charge >= 0.3 is 0 Å². The van der Waals surface area contributed by atoms with E-state index in [2.05, 4.69) is 22.2 Å². The van der Waals surface area contributed by atoms with Gasteiger partial charge in [-0.15, -0.1) is 6.58 Å². The molecule has 1 aromatic heterocycles. The second-order valence-corrected chi connectivity index (χ2v) is 5.21. The van der Waals surface area contributed by atoms with Crippen molar-refractivity contribution in [1.82, 2.24) is 14.9 Å². The van der Waals surface area contributed by atoms with Crippen LogP contribution < -0.4 is 10.6 Å². The maximum atomic E-state index is 12.3. The van der Waals surface area contributed by atoms with Crippen molar-refractivity contribution in [2.24, 2.45) is 0 Å². The van der Waals surface area contributed by atoms with Gasteiger partial charge in [-0.1, -0.05) is 17.7 Å². The molecular weight excluding hydrogens is 300 g/mol. The number of nitrogens with zero attached hydrogens (tertiary/aromatic N) is 2. The monoisotopic (exact) mass is 318 g/mol. The zero-order valence-corrected chi connectivity index (χ0v) is 13.0. The average molecular weight is 319 g/mol. The van der Waals surface area contributed by atoms with E-state index in [-0.39, 0.29) is 5.91 Å². The van der Waals surface area contributed by atoms with Gasteiger partial charge in [-0.25, -0.2) is 4.98 Å². The number of aryl methyl sites for hydroxylation is 1. The Morgan fingerprint density at radius 2 is 2.32 bits per heavy atom. The van der Waals surface area contributed by atoms with Gasteiger partial charge in [-0.2, -0.15) is 0 Å². The summed E-state index contributed by atoms with van der Waals surface area (Å²) in [4.78, 5) is 16.3. The molecule has 0 spiro atoms. The average Bonchev–Trinajstić information content (AvgIpc) is 3.03. The maximum absolute atomic E-state index is 12.3. The molecule has 0 fully saturated rings. The van der Waals surface area contributed by atoms with Crippen molar-refractivity contribution in [1.29, 1.82) is 0 Å². The van der Waals surface area contributed by atoms with Crippen LogP contribution in [-0.4, -0.2) is 28.5 Å². The van der Waals surface area contributed by atoms with Gasteiger partial charge in [0.1, 0.15) is 0 Å². The molecule has 0 aliphatic heterocycles. The predicted molar refractivity (Wildman–Crippen MR) is 89.3 cm³/mol. The first-order valence-corrected chi connectivity index (χ1v) is 7.47. The van der Waals surface area contributed by atoms with E-state index in [0.717, 1.165) is 18.7 Å². The van der Waals surface area contributed by atoms with Crippen LogP contribution in [0.15, 0.2) is 49.6 Å². The molecule has 2 aromatic rings. The number of halogens is 1. The summed E-state index contributed by atoms with van der Waals surface area (Å²) >= 11 is 5.99. The Morgan fingerprint density at radius 3 is 3.05 bits per heavy atom. The Bertz CT molecular complexity index is 625. The van der Waals surface area contributed by atoms with Gasteiger partial charge in [0.2, 0.25) is 0 Å². The highest BCUT2D eigenvalue weighted by Crippen LogP contribution is 2.20. The van der Waals surface area contributed by atoms with Crippen molar-refractivity contribution < 1.29 is 4.79 Å². The predicted octanol–water partition coefficient (Wildman–Crippen LogP) is 2.95. The summed E-state index contributed by atoms with van der Waals surface area (Å²) in [6.07, 6.45) is 7.97. The third kappa shape index (κ3) is 4.63. The number of hydrogen-bond acceptors (Lipinski definition) is 3. The summed E-state index contributed by atoms with van der Waals surface area (Å²) in [5.74, 6) is -0.139. The van der Waals surface area contributed by atoms with E-state index in [4.69, 9.17) is 11.6 Å². The van der Waals surface area contributed by atoms with Crippen molar-refractivity contribution in [3.63, 3.8) is 0 Å². The lowest BCUT2D eigenvalue weighted by Gasteiger charge is -2.12. The lowest BCUT2D eigenvalue weighted by molar-refractivity contribution is 0.0953. The third-order valence-electron chi connectivity index (χ3n) is 3.10. The molecular formula is C16H19ClN4O. The van der Waals surface area contributed by atoms with Crippen LogP contribution in [0.2, 0.25) is 5.02 Å². The van der Waals surface area contributed by atoms with Gasteiger partial charge in [0, 0.05) is 42.7 Å². The summed E-state index contributed by atoms with van der Waals surface area (Å²) in [7, 11) is 0. The molecule has 116 valence electrons. The normalized spacial score (nSPS) is 10.2. The minimum Gasteiger partial charge on any atom is -0.381 e. The summed E-state index contributed by atoms with van der Waals surface area (Å²) in [6.45, 7) is 5.65. The van der Waals surface area contributed by atoms with Crippen LogP contribution in [-0.2, 0) is 6.54 Å². The van der Waals surface area contributed by atoms with Crippen LogP contribution >= 0.6 is 11.6 Å². The summed E-state index contributed by atoms with van der Waals surface area (Å²) in [5.41, 5.74) is 1.29. The van der Waals surface area contributed by atoms with E-state index in [0.29, 0.717) is 23.7 Å². The highest BCUT2D eigenvalue weighted by molar-refractivity contribution is 6.31. The SMILES string of the molecule is C=CCNc1ccc(Cl)cc1C(=O)NCCCn1ccnc1. The Hall–Kier alpha value is -2.27. The highest BCUT2D eigenvalue weighted by atomic mass is 35.5. The number of aromatic nitrogens is 2. The Kier molecular flexibility index (Phi) is 6.03. The molecule has 0 aliphatic carbocycles. The van der Waals surface area contributed by atoms with E-state index >= 15 is 0 Å². The molecule has 1 amide bonds. The molecule has 1 aromatic carbocycles. The molecule has 2 rings (SSSR count). The second kappa shape index (κ2) is 8.24. The number of rotatable bonds is 8. The van der Waals surface area contributed by atoms with Gasteiger partial charge in [-0.05, 0) is 24.6 Å². The van der Waals surface area contributed by atoms with E-state index in [9.17, 15) is 4.79 Å². The zero-order chi connectivity index (χ0) is 15.8. The number of carbonyl (C=O) groups is 1. The number of amides is 1. The van der Waals surface area contributed by atoms with Gasteiger partial charge in [0.25, 0.3) is 5.91 Å². The third-order valence-corrected chi connectivity index (χ3v) is 3.34. The largest absolute Gasteiger partial charge is 0.381 e. The quantitative estimate of drug-likeness (QED) is 0.581. The Labute approximate surface area is 135 Å². The highest BCUT2D eigenvalue weighted by Gasteiger charge is 2.11. The van der Waals surface area contributed by atoms with Crippen LogP contribution in [0, 0.1) is 0 Å². The number of imidazole rings is 1. The summed E-state index contributed by atoms with van der Waals surface area (Å²) < 4.78 is 1.97. The first-order valence-electron chi connectivity index (χ1n) is 7.09. The Balaban J connectivity index is 1.90. The molecule has 22 heavy (non-hydrogen) atoms. The molecule has 2 N–H and O–H groups in total. The van der Waals surface area contributed by atoms with E-state index in [1.165, 1.54) is 0 Å². The number of anilines is 1. The van der Waals surface area contributed by atoms with Crippen molar-refractivity contribution in [3.05, 3.63) is 60.2 Å². The molecule has 0 aliphatic rings. The fourth-order valence-electron chi connectivity index (χ4n) is 2.02. The van der Waals surface area contributed by atoms with E-state index in [1.54, 1.807) is 36.8 Å².